The van der Waals surface area contributed by atoms with Gasteiger partial charge in [0, 0.05) is 30.6 Å². The molecule has 1 saturated heterocycles. The quantitative estimate of drug-likeness (QED) is 0.655. The normalized spacial score (nSPS) is 16.2. The van der Waals surface area contributed by atoms with Gasteiger partial charge in [-0.2, -0.15) is 0 Å². The summed E-state index contributed by atoms with van der Waals surface area (Å²) in [6.07, 6.45) is 1.87. The van der Waals surface area contributed by atoms with Crippen LogP contribution in [-0.4, -0.2) is 33.2 Å². The van der Waals surface area contributed by atoms with Gasteiger partial charge in [-0.3, -0.25) is 18.9 Å². The zero-order chi connectivity index (χ0) is 22.0. The molecular formula is C24H27N5O2. The average Bonchev–Trinajstić information content (AvgIpc) is 2.75. The Labute approximate surface area is 181 Å². The summed E-state index contributed by atoms with van der Waals surface area (Å²) in [6, 6.07) is 11.4. The van der Waals surface area contributed by atoms with Crippen LogP contribution in [0.3, 0.4) is 0 Å². The molecule has 3 heterocycles. The van der Waals surface area contributed by atoms with E-state index < -0.39 is 0 Å². The Balaban J connectivity index is 1.75. The average molecular weight is 418 g/mol. The van der Waals surface area contributed by atoms with E-state index in [0.717, 1.165) is 35.9 Å². The largest absolute Gasteiger partial charge is 0.356 e. The van der Waals surface area contributed by atoms with Crippen LogP contribution < -0.4 is 21.9 Å². The third-order valence-electron chi connectivity index (χ3n) is 5.68. The fourth-order valence-electron chi connectivity index (χ4n) is 4.07. The molecule has 0 unspecified atom stereocenters. The molecule has 160 valence electrons. The van der Waals surface area contributed by atoms with Gasteiger partial charge >= 0.3 is 5.69 Å². The fraction of sp³-hybridized carbons (Fsp3) is 0.375. The predicted molar refractivity (Wildman–Crippen MR) is 123 cm³/mol. The molecule has 3 aromatic rings. The molecule has 1 aliphatic rings. The van der Waals surface area contributed by atoms with Crippen molar-refractivity contribution in [2.45, 2.75) is 45.8 Å². The number of aromatic nitrogens is 3. The van der Waals surface area contributed by atoms with Crippen molar-refractivity contribution in [3.63, 3.8) is 0 Å². The summed E-state index contributed by atoms with van der Waals surface area (Å²) >= 11 is 0. The molecule has 1 atom stereocenters. The van der Waals surface area contributed by atoms with E-state index in [9.17, 15) is 9.59 Å². The summed E-state index contributed by atoms with van der Waals surface area (Å²) in [5, 5.41) is 1.03. The number of rotatable bonds is 4. The topological polar surface area (TPSA) is 86.2 Å². The lowest BCUT2D eigenvalue weighted by molar-refractivity contribution is 0.491. The molecule has 1 fully saturated rings. The molecular weight excluding hydrogens is 390 g/mol. The zero-order valence-corrected chi connectivity index (χ0v) is 18.0. The van der Waals surface area contributed by atoms with Gasteiger partial charge in [0.25, 0.3) is 5.56 Å². The van der Waals surface area contributed by atoms with Crippen LogP contribution >= 0.6 is 0 Å². The van der Waals surface area contributed by atoms with E-state index in [2.05, 4.69) is 22.9 Å². The summed E-state index contributed by atoms with van der Waals surface area (Å²) in [6.45, 7) is 5.49. The van der Waals surface area contributed by atoms with Crippen LogP contribution in [0.5, 0.6) is 0 Å². The first kappa shape index (κ1) is 20.9. The summed E-state index contributed by atoms with van der Waals surface area (Å²) in [7, 11) is 0. The molecule has 7 nitrogen and oxygen atoms in total. The van der Waals surface area contributed by atoms with Crippen molar-refractivity contribution in [3.8, 4) is 11.8 Å². The summed E-state index contributed by atoms with van der Waals surface area (Å²) < 4.78 is 2.80. The van der Waals surface area contributed by atoms with Gasteiger partial charge in [0.1, 0.15) is 5.82 Å². The highest BCUT2D eigenvalue weighted by Crippen LogP contribution is 2.18. The second-order valence-electron chi connectivity index (χ2n) is 8.07. The van der Waals surface area contributed by atoms with E-state index in [4.69, 9.17) is 5.73 Å². The molecule has 0 aliphatic carbocycles. The number of piperidine rings is 1. The maximum Gasteiger partial charge on any atom is 0.333 e. The Hall–Kier alpha value is -3.37. The maximum atomic E-state index is 13.3. The lowest BCUT2D eigenvalue weighted by Crippen LogP contribution is -2.48. The molecule has 0 saturated carbocycles. The fourth-order valence-corrected chi connectivity index (χ4v) is 4.07. The van der Waals surface area contributed by atoms with Crippen molar-refractivity contribution in [1.29, 1.82) is 0 Å². The number of nitrogens with zero attached hydrogens (tertiary/aromatic N) is 4. The second kappa shape index (κ2) is 8.78. The minimum atomic E-state index is -0.379. The molecule has 0 radical (unpaired) electrons. The molecule has 1 aliphatic heterocycles. The molecule has 1 aromatic carbocycles. The zero-order valence-electron chi connectivity index (χ0n) is 18.0. The van der Waals surface area contributed by atoms with Crippen LogP contribution in [0.25, 0.3) is 10.9 Å². The number of pyridine rings is 1. The lowest BCUT2D eigenvalue weighted by atomic mass is 10.1. The van der Waals surface area contributed by atoms with Gasteiger partial charge in [-0.15, -0.1) is 5.92 Å². The second-order valence-corrected chi connectivity index (χ2v) is 8.07. The molecule has 31 heavy (non-hydrogen) atoms. The van der Waals surface area contributed by atoms with Crippen LogP contribution in [0.4, 0.5) is 5.82 Å². The smallest absolute Gasteiger partial charge is 0.333 e. The van der Waals surface area contributed by atoms with Crippen LogP contribution in [0.15, 0.2) is 46.0 Å². The van der Waals surface area contributed by atoms with Gasteiger partial charge < -0.3 is 10.6 Å². The highest BCUT2D eigenvalue weighted by atomic mass is 16.2. The maximum absolute atomic E-state index is 13.3. The van der Waals surface area contributed by atoms with Crippen molar-refractivity contribution in [1.82, 2.24) is 14.1 Å². The van der Waals surface area contributed by atoms with Crippen molar-refractivity contribution in [2.24, 2.45) is 5.73 Å². The van der Waals surface area contributed by atoms with Crippen LogP contribution in [-0.2, 0) is 13.1 Å². The molecule has 0 amide bonds. The van der Waals surface area contributed by atoms with Crippen molar-refractivity contribution < 1.29 is 0 Å². The van der Waals surface area contributed by atoms with E-state index >= 15 is 0 Å². The number of hydrogen-bond donors (Lipinski definition) is 1. The molecule has 7 heteroatoms. The van der Waals surface area contributed by atoms with E-state index in [1.807, 2.05) is 36.1 Å². The monoisotopic (exact) mass is 417 g/mol. The Kier molecular flexibility index (Phi) is 5.92. The highest BCUT2D eigenvalue weighted by molar-refractivity contribution is 5.79. The molecule has 0 bridgehead atoms. The van der Waals surface area contributed by atoms with Gasteiger partial charge in [-0.1, -0.05) is 23.6 Å². The Morgan fingerprint density at radius 1 is 1.16 bits per heavy atom. The number of benzene rings is 1. The third-order valence-corrected chi connectivity index (χ3v) is 5.68. The Bertz CT molecular complexity index is 1300. The number of anilines is 1. The van der Waals surface area contributed by atoms with Gasteiger partial charge in [0.05, 0.1) is 24.3 Å². The Morgan fingerprint density at radius 2 is 2.00 bits per heavy atom. The first-order valence-electron chi connectivity index (χ1n) is 10.6. The van der Waals surface area contributed by atoms with E-state index in [1.54, 1.807) is 11.5 Å². The van der Waals surface area contributed by atoms with Gasteiger partial charge in [0.15, 0.2) is 0 Å². The van der Waals surface area contributed by atoms with E-state index in [-0.39, 0.29) is 30.4 Å². The number of fused-ring (bicyclic) bond motifs is 1. The van der Waals surface area contributed by atoms with Crippen molar-refractivity contribution in [2.75, 3.05) is 18.0 Å². The summed E-state index contributed by atoms with van der Waals surface area (Å²) in [4.78, 5) is 32.9. The van der Waals surface area contributed by atoms with Crippen molar-refractivity contribution >= 4 is 16.7 Å². The summed E-state index contributed by atoms with van der Waals surface area (Å²) in [5.41, 5.74) is 8.07. The molecule has 4 rings (SSSR count). The van der Waals surface area contributed by atoms with E-state index in [0.29, 0.717) is 18.1 Å². The predicted octanol–water partition coefficient (Wildman–Crippen LogP) is 1.87. The Morgan fingerprint density at radius 3 is 2.77 bits per heavy atom. The van der Waals surface area contributed by atoms with Crippen LogP contribution in [0, 0.1) is 18.8 Å². The third kappa shape index (κ3) is 4.39. The number of nitrogens with two attached hydrogens (primary N) is 1. The first-order chi connectivity index (χ1) is 15.0. The van der Waals surface area contributed by atoms with Gasteiger partial charge in [-0.05, 0) is 44.9 Å². The number of aryl methyl sites for hydroxylation is 1. The van der Waals surface area contributed by atoms with Crippen LogP contribution in [0.2, 0.25) is 0 Å². The van der Waals surface area contributed by atoms with Gasteiger partial charge in [-0.25, -0.2) is 4.79 Å². The summed E-state index contributed by atoms with van der Waals surface area (Å²) in [5.74, 6) is 6.39. The van der Waals surface area contributed by atoms with Gasteiger partial charge in [0.2, 0.25) is 0 Å². The van der Waals surface area contributed by atoms with Crippen molar-refractivity contribution in [3.05, 3.63) is 68.5 Å². The standard InChI is InChI=1S/C24H27N5O2/c1-3-4-12-28-22(27-11-5-6-19(25)15-27)14-23(30)29(24(28)31)16-20-9-8-18-13-17(2)7-10-21(18)26-20/h7-10,13-14,19H,5-6,11-12,15-16,25H2,1-2H3/t19-/m1/s1. The minimum Gasteiger partial charge on any atom is -0.356 e. The molecule has 2 aromatic heterocycles. The lowest BCUT2D eigenvalue weighted by Gasteiger charge is -2.33. The highest BCUT2D eigenvalue weighted by Gasteiger charge is 2.22. The van der Waals surface area contributed by atoms with Crippen LogP contribution in [0.1, 0.15) is 31.0 Å². The number of hydrogen-bond acceptors (Lipinski definition) is 5. The molecule has 2 N–H and O–H groups in total. The molecule has 0 spiro atoms. The minimum absolute atomic E-state index is 0.0300. The first-order valence-corrected chi connectivity index (χ1v) is 10.6. The van der Waals surface area contributed by atoms with E-state index in [1.165, 1.54) is 10.6 Å². The SMILES string of the molecule is CC#CCn1c(N2CCC[C@@H](N)C2)cc(=O)n(Cc2ccc3cc(C)ccc3n2)c1=O.